The summed E-state index contributed by atoms with van der Waals surface area (Å²) in [6.07, 6.45) is -5.08. The fraction of sp³-hybridized carbons (Fsp3) is 0.417. The van der Waals surface area contributed by atoms with Gasteiger partial charge in [0.05, 0.1) is 12.2 Å². The zero-order valence-electron chi connectivity index (χ0n) is 20.8. The van der Waals surface area contributed by atoms with Crippen LogP contribution in [0, 0.1) is 25.7 Å². The van der Waals surface area contributed by atoms with Crippen molar-refractivity contribution < 1.29 is 23.1 Å². The molecule has 0 atom stereocenters. The lowest BCUT2D eigenvalue weighted by Crippen LogP contribution is -2.44. The van der Waals surface area contributed by atoms with E-state index in [1.165, 1.54) is 11.6 Å². The minimum atomic E-state index is -5.08. The zero-order chi connectivity index (χ0) is 27.5. The van der Waals surface area contributed by atoms with Gasteiger partial charge in [0.15, 0.2) is 11.2 Å². The Labute approximate surface area is 209 Å². The number of aliphatic carboxylic acids is 1. The zero-order valence-corrected chi connectivity index (χ0v) is 20.8. The molecule has 10 nitrogen and oxygen atoms in total. The first kappa shape index (κ1) is 27.5. The summed E-state index contributed by atoms with van der Waals surface area (Å²) in [5.74, 6) is 3.88. The van der Waals surface area contributed by atoms with E-state index in [-0.39, 0.29) is 5.56 Å². The molecular formula is C24H27F3N6O4. The number of benzene rings is 1. The Balaban J connectivity index is 0.000000479. The Morgan fingerprint density at radius 2 is 1.70 bits per heavy atom. The second-order valence-corrected chi connectivity index (χ2v) is 8.46. The van der Waals surface area contributed by atoms with E-state index >= 15 is 0 Å². The van der Waals surface area contributed by atoms with Crippen molar-refractivity contribution in [3.8, 4) is 17.5 Å². The molecule has 0 amide bonds. The third-order valence-electron chi connectivity index (χ3n) is 5.65. The fourth-order valence-electron chi connectivity index (χ4n) is 4.01. The Morgan fingerprint density at radius 1 is 1.14 bits per heavy atom. The molecule has 0 saturated carbocycles. The summed E-state index contributed by atoms with van der Waals surface area (Å²) < 4.78 is 36.3. The number of alkyl halides is 3. The van der Waals surface area contributed by atoms with Crippen LogP contribution in [0.5, 0.6) is 0 Å². The van der Waals surface area contributed by atoms with Crippen LogP contribution in [-0.4, -0.2) is 62.1 Å². The minimum Gasteiger partial charge on any atom is -0.475 e. The molecule has 13 heteroatoms. The van der Waals surface area contributed by atoms with Gasteiger partial charge in [0, 0.05) is 33.2 Å². The van der Waals surface area contributed by atoms with Crippen LogP contribution >= 0.6 is 0 Å². The number of carbonyl (C=O) groups is 1. The first-order valence-electron chi connectivity index (χ1n) is 11.3. The van der Waals surface area contributed by atoms with E-state index in [0.29, 0.717) is 29.3 Å². The second kappa shape index (κ2) is 10.9. The summed E-state index contributed by atoms with van der Waals surface area (Å²) in [5.41, 5.74) is 2.79. The van der Waals surface area contributed by atoms with Crippen LogP contribution < -0.4 is 21.5 Å². The van der Waals surface area contributed by atoms with Crippen LogP contribution in [0.3, 0.4) is 0 Å². The molecule has 1 fully saturated rings. The third-order valence-corrected chi connectivity index (χ3v) is 5.65. The van der Waals surface area contributed by atoms with Gasteiger partial charge in [0.25, 0.3) is 5.56 Å². The van der Waals surface area contributed by atoms with Gasteiger partial charge in [-0.05, 0) is 44.0 Å². The van der Waals surface area contributed by atoms with Gasteiger partial charge in [-0.1, -0.05) is 12.0 Å². The summed E-state index contributed by atoms with van der Waals surface area (Å²) in [6, 6.07) is 5.93. The maximum absolute atomic E-state index is 13.2. The number of carboxylic acids is 1. The summed E-state index contributed by atoms with van der Waals surface area (Å²) in [7, 11) is 1.51. The minimum absolute atomic E-state index is 0.340. The van der Waals surface area contributed by atoms with E-state index in [0.717, 1.165) is 41.9 Å². The predicted molar refractivity (Wildman–Crippen MR) is 132 cm³/mol. The van der Waals surface area contributed by atoms with E-state index in [4.69, 9.17) is 14.9 Å². The van der Waals surface area contributed by atoms with Gasteiger partial charge >= 0.3 is 17.8 Å². The molecule has 3 aromatic rings. The molecule has 2 aromatic heterocycles. The number of carboxylic acid groups (broad SMARTS) is 1. The molecule has 0 radical (unpaired) electrons. The molecule has 0 unspecified atom stereocenters. The number of hydrogen-bond acceptors (Lipinski definition) is 6. The largest absolute Gasteiger partial charge is 0.490 e. The van der Waals surface area contributed by atoms with Gasteiger partial charge < -0.3 is 15.3 Å². The lowest BCUT2D eigenvalue weighted by molar-refractivity contribution is -0.192. The lowest BCUT2D eigenvalue weighted by atomic mass is 10.1. The molecule has 37 heavy (non-hydrogen) atoms. The smallest absolute Gasteiger partial charge is 0.475 e. The molecule has 198 valence electrons. The molecular weight excluding hydrogens is 493 g/mol. The molecule has 2 N–H and O–H groups in total. The Kier molecular flexibility index (Phi) is 8.12. The van der Waals surface area contributed by atoms with Crippen molar-refractivity contribution in [2.45, 2.75) is 33.5 Å². The Bertz CT molecular complexity index is 1480. The lowest BCUT2D eigenvalue weighted by Gasteiger charge is -2.28. The van der Waals surface area contributed by atoms with E-state index in [9.17, 15) is 22.8 Å². The van der Waals surface area contributed by atoms with Crippen molar-refractivity contribution in [3.63, 3.8) is 0 Å². The topological polar surface area (TPSA) is 114 Å². The molecule has 0 bridgehead atoms. The number of anilines is 1. The van der Waals surface area contributed by atoms with Gasteiger partial charge in [-0.25, -0.2) is 14.2 Å². The Hall–Kier alpha value is -4.05. The first-order valence-corrected chi connectivity index (χ1v) is 11.3. The van der Waals surface area contributed by atoms with E-state index < -0.39 is 17.8 Å². The van der Waals surface area contributed by atoms with Crippen LogP contribution in [0.1, 0.15) is 18.1 Å². The highest BCUT2D eigenvalue weighted by molar-refractivity contribution is 5.77. The molecule has 4 rings (SSSR count). The van der Waals surface area contributed by atoms with Crippen LogP contribution in [0.25, 0.3) is 16.9 Å². The summed E-state index contributed by atoms with van der Waals surface area (Å²) in [6.45, 7) is 9.31. The number of piperazine rings is 1. The monoisotopic (exact) mass is 520 g/mol. The number of fused-ring (bicyclic) bond motifs is 1. The van der Waals surface area contributed by atoms with Crippen molar-refractivity contribution in [2.24, 2.45) is 7.05 Å². The number of nitrogens with one attached hydrogen (secondary N) is 1. The van der Waals surface area contributed by atoms with Gasteiger partial charge in [0.2, 0.25) is 5.95 Å². The van der Waals surface area contributed by atoms with Crippen LogP contribution in [0.4, 0.5) is 19.1 Å². The van der Waals surface area contributed by atoms with E-state index in [2.05, 4.69) is 28.1 Å². The molecule has 1 saturated heterocycles. The van der Waals surface area contributed by atoms with Crippen molar-refractivity contribution >= 4 is 23.1 Å². The molecule has 1 aromatic carbocycles. The molecule has 1 aliphatic rings. The van der Waals surface area contributed by atoms with Crippen molar-refractivity contribution in [1.29, 1.82) is 0 Å². The van der Waals surface area contributed by atoms with E-state index in [1.54, 1.807) is 6.92 Å². The molecule has 0 aliphatic carbocycles. The normalized spacial score (nSPS) is 13.5. The number of rotatable bonds is 3. The second-order valence-electron chi connectivity index (χ2n) is 8.46. The average molecular weight is 521 g/mol. The molecule has 1 aliphatic heterocycles. The van der Waals surface area contributed by atoms with Gasteiger partial charge in [-0.15, -0.1) is 5.92 Å². The molecule has 0 spiro atoms. The van der Waals surface area contributed by atoms with Gasteiger partial charge in [-0.3, -0.25) is 13.9 Å². The maximum atomic E-state index is 13.2. The predicted octanol–water partition coefficient (Wildman–Crippen LogP) is 1.57. The van der Waals surface area contributed by atoms with Crippen LogP contribution in [-0.2, 0) is 18.4 Å². The van der Waals surface area contributed by atoms with Crippen molar-refractivity contribution in [3.05, 3.63) is 50.2 Å². The number of aromatic nitrogens is 4. The summed E-state index contributed by atoms with van der Waals surface area (Å²) >= 11 is 0. The number of nitrogens with zero attached hydrogens (tertiary/aromatic N) is 5. The number of imidazole rings is 1. The van der Waals surface area contributed by atoms with Crippen molar-refractivity contribution in [2.75, 3.05) is 31.1 Å². The standard InChI is InChI=1S/C22H26N6O2.C2HF3O2/c1-5-6-9-27-18-19(24-21(27)26-10-7-23-8-11-26)28(22(30)25(4)20(18)29)17-13-15(2)12-16(3)14-17;3-2(4,5)1(6)7/h12-14,23H,7-11H2,1-4H3;(H,6,7). The first-order chi connectivity index (χ1) is 17.4. The summed E-state index contributed by atoms with van der Waals surface area (Å²) in [5, 5.41) is 10.5. The number of hydrogen-bond donors (Lipinski definition) is 2. The average Bonchev–Trinajstić information content (AvgIpc) is 3.20. The van der Waals surface area contributed by atoms with Crippen LogP contribution in [0.2, 0.25) is 0 Å². The third kappa shape index (κ3) is 5.86. The van der Waals surface area contributed by atoms with E-state index in [1.807, 2.05) is 30.5 Å². The van der Waals surface area contributed by atoms with Crippen molar-refractivity contribution in [1.82, 2.24) is 24.0 Å². The highest BCUT2D eigenvalue weighted by Crippen LogP contribution is 2.23. The number of aryl methyl sites for hydroxylation is 2. The van der Waals surface area contributed by atoms with Gasteiger partial charge in [-0.2, -0.15) is 18.2 Å². The number of halogens is 3. The highest BCUT2D eigenvalue weighted by Gasteiger charge is 2.38. The SMILES string of the molecule is CC#CCn1c(N2CCNCC2)nc2c1c(=O)n(C)c(=O)n2-c1cc(C)cc(C)c1.O=C(O)C(F)(F)F. The quantitative estimate of drug-likeness (QED) is 0.504. The fourth-order valence-corrected chi connectivity index (χ4v) is 4.01. The van der Waals surface area contributed by atoms with Gasteiger partial charge in [0.1, 0.15) is 0 Å². The van der Waals surface area contributed by atoms with Crippen LogP contribution in [0.15, 0.2) is 27.8 Å². The Morgan fingerprint density at radius 3 is 2.22 bits per heavy atom. The summed E-state index contributed by atoms with van der Waals surface area (Å²) in [4.78, 5) is 42.2. The maximum Gasteiger partial charge on any atom is 0.490 e. The highest BCUT2D eigenvalue weighted by atomic mass is 19.4. The molecule has 3 heterocycles.